The number of nitrogens with zero attached hydrogens (tertiary/aromatic N) is 2. The largest absolute Gasteiger partial charge is 0.484 e. The van der Waals surface area contributed by atoms with Crippen molar-refractivity contribution in [3.63, 3.8) is 0 Å². The van der Waals surface area contributed by atoms with Crippen molar-refractivity contribution in [1.29, 1.82) is 0 Å². The summed E-state index contributed by atoms with van der Waals surface area (Å²) < 4.78 is 19.0. The first-order valence-electron chi connectivity index (χ1n) is 10.8. The van der Waals surface area contributed by atoms with Gasteiger partial charge in [0, 0.05) is 31.7 Å². The number of hydrogen-bond acceptors (Lipinski definition) is 3. The Morgan fingerprint density at radius 2 is 1.80 bits per heavy atom. The fourth-order valence-electron chi connectivity index (χ4n) is 4.20. The summed E-state index contributed by atoms with van der Waals surface area (Å²) in [5.41, 5.74) is 3.57. The van der Waals surface area contributed by atoms with Gasteiger partial charge in [-0.3, -0.25) is 9.69 Å². The molecule has 0 spiro atoms. The SMILES string of the molecule is Cc1cc(OCC(=O)N2CC(C)N(Cc3ccc(F)cc3)CC2C)ccc1C(C)C. The molecule has 1 aliphatic rings. The van der Waals surface area contributed by atoms with E-state index in [0.717, 1.165) is 24.4 Å². The van der Waals surface area contributed by atoms with Crippen molar-refractivity contribution in [2.24, 2.45) is 0 Å². The Morgan fingerprint density at radius 3 is 2.43 bits per heavy atom. The van der Waals surface area contributed by atoms with Gasteiger partial charge in [0.1, 0.15) is 11.6 Å². The lowest BCUT2D eigenvalue weighted by Crippen LogP contribution is -2.58. The maximum atomic E-state index is 13.1. The van der Waals surface area contributed by atoms with Gasteiger partial charge < -0.3 is 9.64 Å². The predicted octanol–water partition coefficient (Wildman–Crippen LogP) is 4.76. The number of aryl methyl sites for hydroxylation is 1. The van der Waals surface area contributed by atoms with Crippen LogP contribution >= 0.6 is 0 Å². The summed E-state index contributed by atoms with van der Waals surface area (Å²) in [6.07, 6.45) is 0. The van der Waals surface area contributed by atoms with Crippen LogP contribution in [0.3, 0.4) is 0 Å². The van der Waals surface area contributed by atoms with Crippen LogP contribution < -0.4 is 4.74 Å². The molecule has 1 saturated heterocycles. The maximum Gasteiger partial charge on any atom is 0.260 e. The van der Waals surface area contributed by atoms with E-state index in [4.69, 9.17) is 4.74 Å². The molecule has 2 unspecified atom stereocenters. The molecule has 1 fully saturated rings. The highest BCUT2D eigenvalue weighted by molar-refractivity contribution is 5.78. The molecule has 0 aliphatic carbocycles. The number of hydrogen-bond donors (Lipinski definition) is 0. The lowest BCUT2D eigenvalue weighted by atomic mass is 9.98. The standard InChI is InChI=1S/C25H33FN2O2/c1-17(2)24-11-10-23(12-18(24)3)30-16-25(29)28-14-19(4)27(13-20(28)5)15-21-6-8-22(26)9-7-21/h6-12,17,19-20H,13-16H2,1-5H3. The second-order valence-corrected chi connectivity index (χ2v) is 8.76. The Morgan fingerprint density at radius 1 is 1.10 bits per heavy atom. The van der Waals surface area contributed by atoms with Crippen molar-refractivity contribution in [3.8, 4) is 5.75 Å². The molecule has 2 aromatic rings. The van der Waals surface area contributed by atoms with E-state index >= 15 is 0 Å². The minimum atomic E-state index is -0.218. The number of carbonyl (C=O) groups is 1. The molecule has 5 heteroatoms. The third-order valence-corrected chi connectivity index (χ3v) is 5.96. The molecule has 2 aromatic carbocycles. The van der Waals surface area contributed by atoms with E-state index in [1.165, 1.54) is 23.3 Å². The zero-order valence-electron chi connectivity index (χ0n) is 18.7. The van der Waals surface area contributed by atoms with E-state index < -0.39 is 0 Å². The van der Waals surface area contributed by atoms with Gasteiger partial charge in [-0.15, -0.1) is 0 Å². The minimum Gasteiger partial charge on any atom is -0.484 e. The van der Waals surface area contributed by atoms with Crippen molar-refractivity contribution >= 4 is 5.91 Å². The van der Waals surface area contributed by atoms with Crippen molar-refractivity contribution in [2.75, 3.05) is 19.7 Å². The summed E-state index contributed by atoms with van der Waals surface area (Å²) in [6.45, 7) is 12.9. The summed E-state index contributed by atoms with van der Waals surface area (Å²) in [7, 11) is 0. The molecule has 3 rings (SSSR count). The summed E-state index contributed by atoms with van der Waals surface area (Å²) >= 11 is 0. The van der Waals surface area contributed by atoms with Gasteiger partial charge >= 0.3 is 0 Å². The highest BCUT2D eigenvalue weighted by Gasteiger charge is 2.32. The first-order chi connectivity index (χ1) is 14.2. The van der Waals surface area contributed by atoms with Crippen LogP contribution in [0, 0.1) is 12.7 Å². The molecule has 30 heavy (non-hydrogen) atoms. The number of amides is 1. The van der Waals surface area contributed by atoms with Gasteiger partial charge in [-0.1, -0.05) is 32.0 Å². The molecule has 0 radical (unpaired) electrons. The average Bonchev–Trinajstić information content (AvgIpc) is 2.70. The molecule has 4 nitrogen and oxygen atoms in total. The molecule has 0 bridgehead atoms. The van der Waals surface area contributed by atoms with Crippen LogP contribution in [0.5, 0.6) is 5.75 Å². The van der Waals surface area contributed by atoms with Crippen LogP contribution in [0.4, 0.5) is 4.39 Å². The summed E-state index contributed by atoms with van der Waals surface area (Å²) in [5, 5.41) is 0. The van der Waals surface area contributed by atoms with Gasteiger partial charge in [-0.05, 0) is 67.6 Å². The summed E-state index contributed by atoms with van der Waals surface area (Å²) in [6, 6.07) is 13.0. The van der Waals surface area contributed by atoms with E-state index in [-0.39, 0.29) is 30.4 Å². The molecule has 162 valence electrons. The molecule has 1 aliphatic heterocycles. The normalized spacial score (nSPS) is 19.9. The number of ether oxygens (including phenoxy) is 1. The van der Waals surface area contributed by atoms with Gasteiger partial charge in [0.25, 0.3) is 5.91 Å². The quantitative estimate of drug-likeness (QED) is 0.686. The second-order valence-electron chi connectivity index (χ2n) is 8.76. The topological polar surface area (TPSA) is 32.8 Å². The van der Waals surface area contributed by atoms with Crippen molar-refractivity contribution < 1.29 is 13.9 Å². The average molecular weight is 413 g/mol. The Hall–Kier alpha value is -2.40. The van der Waals surface area contributed by atoms with Gasteiger partial charge in [-0.25, -0.2) is 4.39 Å². The van der Waals surface area contributed by atoms with Gasteiger partial charge in [-0.2, -0.15) is 0 Å². The Bertz CT molecular complexity index is 866. The van der Waals surface area contributed by atoms with Crippen molar-refractivity contribution in [1.82, 2.24) is 9.80 Å². The number of piperazine rings is 1. The number of benzene rings is 2. The first-order valence-corrected chi connectivity index (χ1v) is 10.8. The molecular weight excluding hydrogens is 379 g/mol. The van der Waals surface area contributed by atoms with Crippen LogP contribution in [0.15, 0.2) is 42.5 Å². The number of carbonyl (C=O) groups excluding carboxylic acids is 1. The van der Waals surface area contributed by atoms with E-state index in [9.17, 15) is 9.18 Å². The Balaban J connectivity index is 1.55. The molecule has 0 aromatic heterocycles. The molecule has 1 heterocycles. The van der Waals surface area contributed by atoms with Gasteiger partial charge in [0.05, 0.1) is 0 Å². The molecule has 1 amide bonds. The summed E-state index contributed by atoms with van der Waals surface area (Å²) in [5.74, 6) is 1.00. The molecular formula is C25H33FN2O2. The van der Waals surface area contributed by atoms with Crippen molar-refractivity contribution in [2.45, 2.75) is 59.2 Å². The summed E-state index contributed by atoms with van der Waals surface area (Å²) in [4.78, 5) is 17.1. The highest BCUT2D eigenvalue weighted by Crippen LogP contribution is 2.24. The molecule has 2 atom stereocenters. The fourth-order valence-corrected chi connectivity index (χ4v) is 4.20. The third-order valence-electron chi connectivity index (χ3n) is 5.96. The third kappa shape index (κ3) is 5.39. The fraction of sp³-hybridized carbons (Fsp3) is 0.480. The second kappa shape index (κ2) is 9.61. The van der Waals surface area contributed by atoms with Crippen LogP contribution in [0.2, 0.25) is 0 Å². The van der Waals surface area contributed by atoms with E-state index in [1.54, 1.807) is 0 Å². The lowest BCUT2D eigenvalue weighted by molar-refractivity contribution is -0.139. The van der Waals surface area contributed by atoms with E-state index in [2.05, 4.69) is 45.6 Å². The predicted molar refractivity (Wildman–Crippen MR) is 118 cm³/mol. The van der Waals surface area contributed by atoms with Crippen LogP contribution in [0.25, 0.3) is 0 Å². The smallest absolute Gasteiger partial charge is 0.260 e. The first kappa shape index (κ1) is 22.3. The van der Waals surface area contributed by atoms with Crippen LogP contribution in [-0.2, 0) is 11.3 Å². The van der Waals surface area contributed by atoms with E-state index in [0.29, 0.717) is 12.5 Å². The lowest BCUT2D eigenvalue weighted by Gasteiger charge is -2.44. The Kier molecular flexibility index (Phi) is 7.14. The Labute approximate surface area is 179 Å². The number of halogens is 1. The van der Waals surface area contributed by atoms with Gasteiger partial charge in [0.15, 0.2) is 6.61 Å². The maximum absolute atomic E-state index is 13.1. The van der Waals surface area contributed by atoms with E-state index in [1.807, 2.05) is 29.2 Å². The molecule has 0 N–H and O–H groups in total. The zero-order chi connectivity index (χ0) is 21.8. The highest BCUT2D eigenvalue weighted by atomic mass is 19.1. The van der Waals surface area contributed by atoms with Crippen molar-refractivity contribution in [3.05, 3.63) is 65.0 Å². The van der Waals surface area contributed by atoms with Crippen LogP contribution in [-0.4, -0.2) is 47.5 Å². The number of rotatable bonds is 6. The van der Waals surface area contributed by atoms with Crippen LogP contribution in [0.1, 0.15) is 50.3 Å². The minimum absolute atomic E-state index is 0.0152. The zero-order valence-corrected chi connectivity index (χ0v) is 18.7. The molecule has 0 saturated carbocycles. The van der Waals surface area contributed by atoms with Gasteiger partial charge in [0.2, 0.25) is 0 Å². The monoisotopic (exact) mass is 412 g/mol.